The van der Waals surface area contributed by atoms with Gasteiger partial charge >= 0.3 is 5.97 Å². The molecule has 0 radical (unpaired) electrons. The molecule has 4 aromatic carbocycles. The molecule has 4 aliphatic rings. The Labute approximate surface area is 307 Å². The van der Waals surface area contributed by atoms with Gasteiger partial charge in [0.1, 0.15) is 0 Å². The molecule has 0 aromatic heterocycles. The number of phenols is 1. The molecule has 0 unspecified atom stereocenters. The minimum Gasteiger partial charge on any atom is -0.503 e. The molecule has 3 aliphatic carbocycles. The van der Waals surface area contributed by atoms with Crippen molar-refractivity contribution in [2.45, 2.75) is 24.2 Å². The zero-order valence-corrected chi connectivity index (χ0v) is 29.4. The number of rotatable bonds is 6. The molecular formula is C42H32BrNO8. The van der Waals surface area contributed by atoms with E-state index in [1.807, 2.05) is 54.6 Å². The summed E-state index contributed by atoms with van der Waals surface area (Å²) in [4.78, 5) is 71.5. The van der Waals surface area contributed by atoms with E-state index in [2.05, 4.69) is 15.9 Å². The number of anilines is 1. The number of imide groups is 1. The van der Waals surface area contributed by atoms with Gasteiger partial charge in [-0.15, -0.1) is 0 Å². The van der Waals surface area contributed by atoms with E-state index in [-0.39, 0.29) is 47.2 Å². The first-order chi connectivity index (χ1) is 25.1. The van der Waals surface area contributed by atoms with Gasteiger partial charge in [0, 0.05) is 17.4 Å². The first kappa shape index (κ1) is 33.5. The normalized spacial score (nSPS) is 26.6. The summed E-state index contributed by atoms with van der Waals surface area (Å²) in [5, 5.41) is 20.3. The number of aromatic carboxylic acids is 1. The Kier molecular flexibility index (Phi) is 8.10. The fourth-order valence-corrected chi connectivity index (χ4v) is 9.63. The van der Waals surface area contributed by atoms with Gasteiger partial charge in [-0.2, -0.15) is 0 Å². The third-order valence-electron chi connectivity index (χ3n) is 11.4. The third-order valence-corrected chi connectivity index (χ3v) is 12.0. The van der Waals surface area contributed by atoms with Crippen molar-refractivity contribution in [2.24, 2.45) is 23.7 Å². The van der Waals surface area contributed by atoms with Crippen molar-refractivity contribution in [2.75, 3.05) is 12.0 Å². The number of carbonyl (C=O) groups excluding carboxylic acids is 4. The number of carbonyl (C=O) groups is 5. The van der Waals surface area contributed by atoms with E-state index >= 15 is 9.59 Å². The van der Waals surface area contributed by atoms with Gasteiger partial charge in [0.15, 0.2) is 23.1 Å². The number of benzene rings is 4. The summed E-state index contributed by atoms with van der Waals surface area (Å²) in [5.74, 6) is -6.28. The van der Waals surface area contributed by atoms with Crippen LogP contribution in [0.25, 0.3) is 5.57 Å². The highest BCUT2D eigenvalue weighted by Crippen LogP contribution is 2.64. The van der Waals surface area contributed by atoms with Crippen LogP contribution in [0.15, 0.2) is 119 Å². The number of halogens is 1. The first-order valence-corrected chi connectivity index (χ1v) is 17.8. The number of methoxy groups -OCH3 is 1. The Morgan fingerprint density at radius 3 is 2.21 bits per heavy atom. The van der Waals surface area contributed by atoms with Crippen LogP contribution in [0.5, 0.6) is 11.5 Å². The maximum absolute atomic E-state index is 15.2. The highest BCUT2D eigenvalue weighted by atomic mass is 79.9. The van der Waals surface area contributed by atoms with Crippen molar-refractivity contribution in [3.8, 4) is 11.5 Å². The molecule has 2 fully saturated rings. The van der Waals surface area contributed by atoms with Crippen LogP contribution in [0.4, 0.5) is 5.69 Å². The van der Waals surface area contributed by atoms with Crippen molar-refractivity contribution in [3.05, 3.63) is 142 Å². The molecular weight excluding hydrogens is 726 g/mol. The number of Topliss-reactive ketones (excluding diaryl/α,β-unsaturated/α-hetero) is 1. The van der Waals surface area contributed by atoms with Crippen molar-refractivity contribution in [1.29, 1.82) is 0 Å². The topological polar surface area (TPSA) is 138 Å². The van der Waals surface area contributed by atoms with E-state index in [9.17, 15) is 24.6 Å². The van der Waals surface area contributed by atoms with Crippen LogP contribution in [0, 0.1) is 23.7 Å². The number of amides is 2. The molecule has 2 N–H and O–H groups in total. The summed E-state index contributed by atoms with van der Waals surface area (Å²) in [6.45, 7) is 0. The lowest BCUT2D eigenvalue weighted by atomic mass is 9.44. The second kappa shape index (κ2) is 12.6. The predicted molar refractivity (Wildman–Crippen MR) is 195 cm³/mol. The van der Waals surface area contributed by atoms with Crippen LogP contribution in [0.2, 0.25) is 0 Å². The number of ketones is 2. The second-order valence-corrected chi connectivity index (χ2v) is 14.6. The van der Waals surface area contributed by atoms with Gasteiger partial charge in [0.05, 0.1) is 40.1 Å². The number of fused-ring (bicyclic) bond motifs is 4. The van der Waals surface area contributed by atoms with E-state index in [1.54, 1.807) is 24.3 Å². The Hall–Kier alpha value is -5.61. The summed E-state index contributed by atoms with van der Waals surface area (Å²) in [6, 6.07) is 27.3. The van der Waals surface area contributed by atoms with Crippen molar-refractivity contribution < 1.29 is 38.9 Å². The highest BCUT2D eigenvalue weighted by molar-refractivity contribution is 9.10. The van der Waals surface area contributed by atoms with Crippen LogP contribution in [0.1, 0.15) is 45.8 Å². The number of hydrogen-bond donors (Lipinski definition) is 2. The minimum absolute atomic E-state index is 0.0230. The lowest BCUT2D eigenvalue weighted by molar-refractivity contribution is -0.135. The first-order valence-electron chi connectivity index (χ1n) is 17.0. The molecule has 2 amide bonds. The number of carboxylic acid groups (broad SMARTS) is 1. The lowest BCUT2D eigenvalue weighted by Crippen LogP contribution is -2.58. The van der Waals surface area contributed by atoms with Crippen LogP contribution >= 0.6 is 15.9 Å². The summed E-state index contributed by atoms with van der Waals surface area (Å²) in [6.07, 6.45) is 3.77. The third kappa shape index (κ3) is 4.84. The van der Waals surface area contributed by atoms with Crippen molar-refractivity contribution in [1.82, 2.24) is 0 Å². The minimum atomic E-state index is -1.44. The van der Waals surface area contributed by atoms with Crippen LogP contribution in [-0.2, 0) is 24.6 Å². The largest absolute Gasteiger partial charge is 0.503 e. The molecule has 10 heteroatoms. The van der Waals surface area contributed by atoms with Gasteiger partial charge in [-0.1, -0.05) is 72.3 Å². The van der Waals surface area contributed by atoms with Crippen molar-refractivity contribution >= 4 is 56.5 Å². The number of nitrogens with zero attached hydrogens (tertiary/aromatic N) is 1. The summed E-state index contributed by atoms with van der Waals surface area (Å²) in [5.41, 5.74) is 1.76. The lowest BCUT2D eigenvalue weighted by Gasteiger charge is -2.55. The molecule has 0 spiro atoms. The zero-order valence-electron chi connectivity index (χ0n) is 27.9. The van der Waals surface area contributed by atoms with E-state index in [0.717, 1.165) is 10.5 Å². The monoisotopic (exact) mass is 757 g/mol. The second-order valence-electron chi connectivity index (χ2n) is 13.7. The number of hydrogen-bond acceptors (Lipinski definition) is 7. The molecule has 0 bridgehead atoms. The number of aromatic hydroxyl groups is 1. The molecule has 1 saturated heterocycles. The van der Waals surface area contributed by atoms with E-state index in [4.69, 9.17) is 4.74 Å². The molecule has 260 valence electrons. The van der Waals surface area contributed by atoms with E-state index in [1.165, 1.54) is 37.5 Å². The number of phenolic OH excluding ortho intramolecular Hbond substituents is 1. The van der Waals surface area contributed by atoms with Crippen LogP contribution in [0.3, 0.4) is 0 Å². The summed E-state index contributed by atoms with van der Waals surface area (Å²) >= 11 is 3.48. The molecule has 1 heterocycles. The molecule has 1 saturated carbocycles. The fourth-order valence-electron chi connectivity index (χ4n) is 9.17. The van der Waals surface area contributed by atoms with Gasteiger partial charge in [-0.25, -0.2) is 4.79 Å². The maximum atomic E-state index is 15.2. The number of ether oxygens (including phenoxy) is 1. The Balaban J connectivity index is 1.35. The maximum Gasteiger partial charge on any atom is 0.335 e. The standard InChI is InChI=1S/C42H32BrNO8/c1-52-33-19-24(18-32(43)38(33)47)36-27-16-17-28-35(40(49)44(39(28)48)26-14-12-23(13-15-26)41(50)51)30(27)20-31-37(46)29(22-8-4-2-5-9-22)21-34(45)42(31,36)25-10-6-3-7-11-25/h2-16,18-19,21,28,30-31,35-36,47H,17,20H2,1H3,(H,50,51)/t28-,30+,31-,35-,36-,42-/m0/s1. The van der Waals surface area contributed by atoms with E-state index in [0.29, 0.717) is 26.7 Å². The highest BCUT2D eigenvalue weighted by Gasteiger charge is 2.66. The summed E-state index contributed by atoms with van der Waals surface area (Å²) < 4.78 is 5.90. The Morgan fingerprint density at radius 1 is 0.885 bits per heavy atom. The molecule has 9 nitrogen and oxygen atoms in total. The van der Waals surface area contributed by atoms with Crippen LogP contribution < -0.4 is 9.64 Å². The van der Waals surface area contributed by atoms with Gasteiger partial charge in [-0.3, -0.25) is 24.1 Å². The number of allylic oxidation sites excluding steroid dienone is 4. The Bertz CT molecular complexity index is 2250. The van der Waals surface area contributed by atoms with Gasteiger partial charge in [0.25, 0.3) is 0 Å². The van der Waals surface area contributed by atoms with E-state index < -0.39 is 52.8 Å². The van der Waals surface area contributed by atoms with Gasteiger partial charge in [-0.05, 0) is 93.9 Å². The quantitative estimate of drug-likeness (QED) is 0.160. The molecule has 1 aliphatic heterocycles. The smallest absolute Gasteiger partial charge is 0.335 e. The predicted octanol–water partition coefficient (Wildman–Crippen LogP) is 6.89. The SMILES string of the molecule is COc1cc([C@H]2C3=CC[C@@H]4C(=O)N(c5ccc(C(=O)O)cc5)C(=O)[C@@H]4[C@@H]3C[C@H]3C(=O)C(c4ccccc4)=CC(=O)[C@@]23c2ccccc2)cc(Br)c1O. The average Bonchev–Trinajstić information content (AvgIpc) is 3.42. The van der Waals surface area contributed by atoms with Crippen molar-refractivity contribution in [3.63, 3.8) is 0 Å². The Morgan fingerprint density at radius 2 is 1.56 bits per heavy atom. The number of carboxylic acids is 1. The average molecular weight is 759 g/mol. The van der Waals surface area contributed by atoms with Gasteiger partial charge < -0.3 is 14.9 Å². The van der Waals surface area contributed by atoms with Gasteiger partial charge in [0.2, 0.25) is 11.8 Å². The zero-order chi connectivity index (χ0) is 36.5. The molecule has 8 rings (SSSR count). The fraction of sp³-hybridized carbons (Fsp3) is 0.214. The molecule has 52 heavy (non-hydrogen) atoms. The molecule has 4 aromatic rings. The summed E-state index contributed by atoms with van der Waals surface area (Å²) in [7, 11) is 1.43. The van der Waals surface area contributed by atoms with Crippen LogP contribution in [-0.4, -0.2) is 46.7 Å². The molecule has 6 atom stereocenters.